The van der Waals surface area contributed by atoms with Gasteiger partial charge in [-0.25, -0.2) is 0 Å². The first kappa shape index (κ1) is 10.9. The Morgan fingerprint density at radius 2 is 2.00 bits per heavy atom. The molecule has 0 aliphatic carbocycles. The van der Waals surface area contributed by atoms with Crippen molar-refractivity contribution in [1.29, 1.82) is 0 Å². The Hall–Kier alpha value is -1.56. The van der Waals surface area contributed by atoms with Gasteiger partial charge in [0.05, 0.1) is 11.3 Å². The smallest absolute Gasteiger partial charge is 0.416 e. The summed E-state index contributed by atoms with van der Waals surface area (Å²) in [5.41, 5.74) is 0.108. The number of nitrogens with one attached hydrogen (secondary N) is 1. The molecule has 0 saturated carbocycles. The molecule has 0 saturated heterocycles. The van der Waals surface area contributed by atoms with Crippen molar-refractivity contribution < 1.29 is 17.6 Å². The SMILES string of the molecule is FC(F)(F)c1cccc(-c2coc(=S)[nH]2)c1. The average Bonchev–Trinajstić information content (AvgIpc) is 2.64. The fraction of sp³-hybridized carbons (Fsp3) is 0.100. The molecule has 2 nitrogen and oxygen atoms in total. The molecule has 2 rings (SSSR count). The second-order valence-corrected chi connectivity index (χ2v) is 3.51. The molecule has 0 atom stereocenters. The first-order valence-corrected chi connectivity index (χ1v) is 4.73. The van der Waals surface area contributed by atoms with Gasteiger partial charge in [-0.2, -0.15) is 13.2 Å². The molecule has 0 aliphatic heterocycles. The van der Waals surface area contributed by atoms with E-state index in [4.69, 9.17) is 16.6 Å². The molecule has 0 aliphatic rings. The maximum Gasteiger partial charge on any atom is 0.416 e. The van der Waals surface area contributed by atoms with Gasteiger partial charge in [-0.1, -0.05) is 12.1 Å². The molecule has 0 unspecified atom stereocenters. The van der Waals surface area contributed by atoms with E-state index in [-0.39, 0.29) is 4.84 Å². The summed E-state index contributed by atoms with van der Waals surface area (Å²) in [6.45, 7) is 0. The quantitative estimate of drug-likeness (QED) is 0.768. The Balaban J connectivity index is 2.48. The zero-order valence-electron chi connectivity index (χ0n) is 7.84. The summed E-state index contributed by atoms with van der Waals surface area (Å²) in [4.78, 5) is 2.78. The Morgan fingerprint density at radius 3 is 2.56 bits per heavy atom. The largest absolute Gasteiger partial charge is 0.437 e. The normalized spacial score (nSPS) is 11.7. The summed E-state index contributed by atoms with van der Waals surface area (Å²) >= 11 is 4.69. The highest BCUT2D eigenvalue weighted by Crippen LogP contribution is 2.31. The predicted molar refractivity (Wildman–Crippen MR) is 54.3 cm³/mol. The molecule has 0 spiro atoms. The molecule has 0 amide bonds. The second kappa shape index (κ2) is 3.79. The van der Waals surface area contributed by atoms with Crippen molar-refractivity contribution in [2.45, 2.75) is 6.18 Å². The van der Waals surface area contributed by atoms with Crippen molar-refractivity contribution in [1.82, 2.24) is 4.98 Å². The highest BCUT2D eigenvalue weighted by atomic mass is 32.1. The van der Waals surface area contributed by atoms with Gasteiger partial charge in [0.1, 0.15) is 6.26 Å². The number of halogens is 3. The van der Waals surface area contributed by atoms with Gasteiger partial charge in [-0.3, -0.25) is 0 Å². The third-order valence-electron chi connectivity index (χ3n) is 2.02. The van der Waals surface area contributed by atoms with Gasteiger partial charge in [0.25, 0.3) is 4.84 Å². The lowest BCUT2D eigenvalue weighted by Gasteiger charge is -2.07. The molecule has 1 aromatic carbocycles. The minimum atomic E-state index is -4.35. The van der Waals surface area contributed by atoms with Gasteiger partial charge in [-0.05, 0) is 24.4 Å². The van der Waals surface area contributed by atoms with E-state index in [0.29, 0.717) is 11.3 Å². The lowest BCUT2D eigenvalue weighted by Crippen LogP contribution is -2.04. The van der Waals surface area contributed by atoms with Crippen molar-refractivity contribution >= 4 is 12.2 Å². The number of benzene rings is 1. The average molecular weight is 245 g/mol. The minimum Gasteiger partial charge on any atom is -0.437 e. The Morgan fingerprint density at radius 1 is 1.25 bits per heavy atom. The van der Waals surface area contributed by atoms with Crippen LogP contribution in [0.2, 0.25) is 0 Å². The zero-order valence-corrected chi connectivity index (χ0v) is 8.65. The fourth-order valence-electron chi connectivity index (χ4n) is 1.28. The molecule has 0 bridgehead atoms. The highest BCUT2D eigenvalue weighted by Gasteiger charge is 2.30. The van der Waals surface area contributed by atoms with Crippen LogP contribution in [0.5, 0.6) is 0 Å². The van der Waals surface area contributed by atoms with E-state index in [0.717, 1.165) is 12.1 Å². The third-order valence-corrected chi connectivity index (χ3v) is 2.22. The van der Waals surface area contributed by atoms with E-state index < -0.39 is 11.7 Å². The van der Waals surface area contributed by atoms with E-state index in [1.807, 2.05) is 0 Å². The second-order valence-electron chi connectivity index (χ2n) is 3.14. The molecule has 16 heavy (non-hydrogen) atoms. The first-order chi connectivity index (χ1) is 7.47. The van der Waals surface area contributed by atoms with Gasteiger partial charge in [0, 0.05) is 5.56 Å². The van der Waals surface area contributed by atoms with Crippen molar-refractivity contribution in [3.05, 3.63) is 40.9 Å². The van der Waals surface area contributed by atoms with Gasteiger partial charge in [-0.15, -0.1) is 0 Å². The number of oxazole rings is 1. The molecule has 1 heterocycles. The summed E-state index contributed by atoms with van der Waals surface area (Å²) in [6, 6.07) is 4.93. The topological polar surface area (TPSA) is 28.9 Å². The van der Waals surface area contributed by atoms with Crippen LogP contribution in [0.25, 0.3) is 11.3 Å². The van der Waals surface area contributed by atoms with Gasteiger partial charge in [0.2, 0.25) is 0 Å². The Kier molecular flexibility index (Phi) is 2.59. The molecule has 1 aromatic heterocycles. The maximum atomic E-state index is 12.4. The molecular formula is C10H6F3NOS. The number of H-pyrrole nitrogens is 1. The highest BCUT2D eigenvalue weighted by molar-refractivity contribution is 7.71. The predicted octanol–water partition coefficient (Wildman–Crippen LogP) is 4.02. The Labute approximate surface area is 93.7 Å². The minimum absolute atomic E-state index is 0.132. The molecule has 0 fully saturated rings. The summed E-state index contributed by atoms with van der Waals surface area (Å²) in [7, 11) is 0. The summed E-state index contributed by atoms with van der Waals surface area (Å²) in [5, 5.41) is 0. The molecule has 1 N–H and O–H groups in total. The van der Waals surface area contributed by atoms with Crippen LogP contribution >= 0.6 is 12.2 Å². The van der Waals surface area contributed by atoms with Crippen LogP contribution in [0.4, 0.5) is 13.2 Å². The van der Waals surface area contributed by atoms with Crippen LogP contribution in [0.3, 0.4) is 0 Å². The van der Waals surface area contributed by atoms with Gasteiger partial charge < -0.3 is 9.40 Å². The van der Waals surface area contributed by atoms with Crippen LogP contribution < -0.4 is 0 Å². The van der Waals surface area contributed by atoms with E-state index in [1.54, 1.807) is 6.07 Å². The number of aromatic amines is 1. The van der Waals surface area contributed by atoms with E-state index >= 15 is 0 Å². The molecule has 6 heteroatoms. The molecule has 0 radical (unpaired) electrons. The summed E-state index contributed by atoms with van der Waals surface area (Å²) < 4.78 is 42.1. The van der Waals surface area contributed by atoms with Crippen molar-refractivity contribution in [2.75, 3.05) is 0 Å². The first-order valence-electron chi connectivity index (χ1n) is 4.32. The van der Waals surface area contributed by atoms with Crippen molar-refractivity contribution in [3.8, 4) is 11.3 Å². The van der Waals surface area contributed by atoms with Crippen molar-refractivity contribution in [2.24, 2.45) is 0 Å². The summed E-state index contributed by atoms with van der Waals surface area (Å²) in [6.07, 6.45) is -3.06. The van der Waals surface area contributed by atoms with Crippen LogP contribution in [-0.2, 0) is 6.18 Å². The lowest BCUT2D eigenvalue weighted by atomic mass is 10.1. The number of aromatic nitrogens is 1. The number of hydrogen-bond acceptors (Lipinski definition) is 2. The lowest BCUT2D eigenvalue weighted by molar-refractivity contribution is -0.137. The Bertz CT molecular complexity index is 555. The molecule has 84 valence electrons. The standard InChI is InChI=1S/C10H6F3NOS/c11-10(12,13)7-3-1-2-6(4-7)8-5-15-9(16)14-8/h1-5H,(H,14,16). The van der Waals surface area contributed by atoms with Crippen LogP contribution in [0.1, 0.15) is 5.56 Å². The molecule has 2 aromatic rings. The van der Waals surface area contributed by atoms with Gasteiger partial charge in [0.15, 0.2) is 0 Å². The van der Waals surface area contributed by atoms with Crippen LogP contribution in [-0.4, -0.2) is 4.98 Å². The monoisotopic (exact) mass is 245 g/mol. The van der Waals surface area contributed by atoms with Crippen LogP contribution in [0, 0.1) is 4.84 Å². The number of rotatable bonds is 1. The number of hydrogen-bond donors (Lipinski definition) is 1. The van der Waals surface area contributed by atoms with Gasteiger partial charge >= 0.3 is 6.18 Å². The number of alkyl halides is 3. The maximum absolute atomic E-state index is 12.4. The summed E-state index contributed by atoms with van der Waals surface area (Å²) in [5.74, 6) is 0. The van der Waals surface area contributed by atoms with E-state index in [9.17, 15) is 13.2 Å². The molecular weight excluding hydrogens is 239 g/mol. The van der Waals surface area contributed by atoms with Crippen LogP contribution in [0.15, 0.2) is 34.9 Å². The van der Waals surface area contributed by atoms with Crippen molar-refractivity contribution in [3.63, 3.8) is 0 Å². The fourth-order valence-corrected chi connectivity index (χ4v) is 1.44. The van der Waals surface area contributed by atoms with E-state index in [1.165, 1.54) is 12.3 Å². The zero-order chi connectivity index (χ0) is 11.8. The third kappa shape index (κ3) is 2.16. The van der Waals surface area contributed by atoms with E-state index in [2.05, 4.69) is 4.98 Å².